The van der Waals surface area contributed by atoms with Crippen molar-refractivity contribution in [3.8, 4) is 5.75 Å². The Hall–Kier alpha value is -2.48. The van der Waals surface area contributed by atoms with Gasteiger partial charge in [-0.05, 0) is 61.1 Å². The van der Waals surface area contributed by atoms with Gasteiger partial charge in [0.2, 0.25) is 0 Å². The molecule has 3 aromatic rings. The monoisotopic (exact) mass is 444 g/mol. The Labute approximate surface area is 209 Å². The molecule has 1 heterocycles. The van der Waals surface area contributed by atoms with Gasteiger partial charge in [0.05, 0.1) is 13.1 Å². The molecule has 1 aliphatic carbocycles. The Morgan fingerprint density at radius 3 is 2.56 bits per heavy atom. The topological polar surface area (TPSA) is 92.6 Å². The molecule has 0 unspecified atom stereocenters. The molecule has 0 radical (unpaired) electrons. The Kier molecular flexibility index (Phi) is 7.87. The minimum absolute atomic E-state index is 0. The third-order valence-electron chi connectivity index (χ3n) is 5.80. The predicted octanol–water partition coefficient (Wildman–Crippen LogP) is 0.636. The fourth-order valence-corrected chi connectivity index (χ4v) is 4.22. The van der Waals surface area contributed by atoms with Crippen LogP contribution in [0.4, 0.5) is 10.5 Å². The fraction of sp³-hybridized carbons (Fsp3) is 0.333. The average molecular weight is 444 g/mol. The van der Waals surface area contributed by atoms with E-state index in [1.807, 2.05) is 36.0 Å². The number of carbonyl (C=O) groups excluding carboxylic acids is 2. The minimum Gasteiger partial charge on any atom is -0.545 e. The van der Waals surface area contributed by atoms with Crippen LogP contribution in [0.3, 0.4) is 0 Å². The van der Waals surface area contributed by atoms with Gasteiger partial charge in [0.15, 0.2) is 0 Å². The number of fused-ring (bicyclic) bond motifs is 1. The molecule has 4 rings (SSSR count). The first-order valence-corrected chi connectivity index (χ1v) is 10.4. The first kappa shape index (κ1) is 24.2. The molecule has 0 aliphatic heterocycles. The number of carboxylic acids is 1. The van der Waals surface area contributed by atoms with Crippen LogP contribution >= 0.6 is 0 Å². The predicted molar refractivity (Wildman–Crippen MR) is 115 cm³/mol. The molecule has 1 fully saturated rings. The fourth-order valence-electron chi connectivity index (χ4n) is 4.22. The van der Waals surface area contributed by atoms with Crippen LogP contribution in [0.25, 0.3) is 10.9 Å². The number of aromatic nitrogens is 1. The summed E-state index contributed by atoms with van der Waals surface area (Å²) in [6.07, 6.45) is 6.20. The van der Waals surface area contributed by atoms with Crippen LogP contribution in [0.15, 0.2) is 42.6 Å². The average Bonchev–Trinajstić information content (AvgIpc) is 3.36. The number of carboxylic acid groups (broad SMARTS) is 1. The molecule has 1 aromatic heterocycles. The number of ether oxygens (including phenoxy) is 2. The summed E-state index contributed by atoms with van der Waals surface area (Å²) < 4.78 is 12.9. The maximum absolute atomic E-state index is 12.2. The first-order valence-electron chi connectivity index (χ1n) is 10.4. The molecule has 0 atom stereocenters. The van der Waals surface area contributed by atoms with Crippen LogP contribution < -0.4 is 44.7 Å². The van der Waals surface area contributed by atoms with Crippen molar-refractivity contribution in [2.45, 2.75) is 38.2 Å². The largest absolute Gasteiger partial charge is 1.00 e. The SMILES string of the molecule is COc1cc(C(=O)[O-])ccc1Cc1cn(C)c2ccc(NC(=O)OC3CCCC3)cc12.[Na+]. The van der Waals surface area contributed by atoms with Gasteiger partial charge in [0.25, 0.3) is 0 Å². The molecule has 32 heavy (non-hydrogen) atoms. The quantitative estimate of drug-likeness (QED) is 0.564. The van der Waals surface area contributed by atoms with Crippen molar-refractivity contribution >= 4 is 28.7 Å². The van der Waals surface area contributed by atoms with Gasteiger partial charge in [-0.2, -0.15) is 0 Å². The van der Waals surface area contributed by atoms with Gasteiger partial charge in [0, 0.05) is 41.8 Å². The van der Waals surface area contributed by atoms with Gasteiger partial charge >= 0.3 is 35.7 Å². The molecule has 0 bridgehead atoms. The maximum atomic E-state index is 12.2. The summed E-state index contributed by atoms with van der Waals surface area (Å²) in [4.78, 5) is 23.4. The maximum Gasteiger partial charge on any atom is 1.00 e. The molecule has 0 saturated heterocycles. The van der Waals surface area contributed by atoms with Crippen molar-refractivity contribution in [2.24, 2.45) is 7.05 Å². The summed E-state index contributed by atoms with van der Waals surface area (Å²) in [6, 6.07) is 10.5. The van der Waals surface area contributed by atoms with Crippen molar-refractivity contribution < 1.29 is 53.7 Å². The van der Waals surface area contributed by atoms with Gasteiger partial charge in [-0.25, -0.2) is 4.79 Å². The summed E-state index contributed by atoms with van der Waals surface area (Å²) in [5.41, 5.74) is 3.66. The Morgan fingerprint density at radius 1 is 1.12 bits per heavy atom. The summed E-state index contributed by atoms with van der Waals surface area (Å²) in [6.45, 7) is 0. The number of rotatable bonds is 6. The van der Waals surface area contributed by atoms with Gasteiger partial charge in [-0.15, -0.1) is 0 Å². The van der Waals surface area contributed by atoms with E-state index in [0.717, 1.165) is 47.7 Å². The zero-order valence-corrected chi connectivity index (χ0v) is 20.6. The molecule has 1 N–H and O–H groups in total. The Morgan fingerprint density at radius 2 is 1.88 bits per heavy atom. The van der Waals surface area contributed by atoms with Gasteiger partial charge in [-0.1, -0.05) is 12.1 Å². The van der Waals surface area contributed by atoms with Crippen molar-refractivity contribution in [1.29, 1.82) is 0 Å². The van der Waals surface area contributed by atoms with E-state index in [4.69, 9.17) is 9.47 Å². The zero-order valence-electron chi connectivity index (χ0n) is 18.6. The van der Waals surface area contributed by atoms with Gasteiger partial charge < -0.3 is 23.9 Å². The minimum atomic E-state index is -1.24. The standard InChI is InChI=1S/C24H26N2O5.Na/c1-26-14-17(11-15-7-8-16(23(27)28)12-22(15)30-2)20-13-18(9-10-21(20)26)25-24(29)31-19-5-3-4-6-19;/h7-10,12-14,19H,3-6,11H2,1-2H3,(H,25,29)(H,27,28);/q;+1/p-1. The van der Waals surface area contributed by atoms with E-state index in [0.29, 0.717) is 17.9 Å². The molecule has 1 aliphatic rings. The van der Waals surface area contributed by atoms with Crippen molar-refractivity contribution in [3.63, 3.8) is 0 Å². The van der Waals surface area contributed by atoms with Gasteiger partial charge in [-0.3, -0.25) is 5.32 Å². The van der Waals surface area contributed by atoms with Crippen LogP contribution in [0.1, 0.15) is 47.2 Å². The smallest absolute Gasteiger partial charge is 0.545 e. The van der Waals surface area contributed by atoms with E-state index >= 15 is 0 Å². The van der Waals surface area contributed by atoms with Crippen LogP contribution in [-0.4, -0.2) is 29.8 Å². The third kappa shape index (κ3) is 5.28. The number of hydrogen-bond donors (Lipinski definition) is 1. The molecule has 0 spiro atoms. The van der Waals surface area contributed by atoms with E-state index in [1.54, 1.807) is 6.07 Å². The van der Waals surface area contributed by atoms with E-state index in [2.05, 4.69) is 5.32 Å². The summed E-state index contributed by atoms with van der Waals surface area (Å²) >= 11 is 0. The zero-order chi connectivity index (χ0) is 22.0. The second-order valence-corrected chi connectivity index (χ2v) is 7.92. The normalized spacial score (nSPS) is 13.6. The molecule has 8 heteroatoms. The number of benzene rings is 2. The number of nitrogens with one attached hydrogen (secondary N) is 1. The van der Waals surface area contributed by atoms with Crippen LogP contribution in [0.2, 0.25) is 0 Å². The van der Waals surface area contributed by atoms with E-state index in [-0.39, 0.29) is 41.2 Å². The number of anilines is 1. The summed E-state index contributed by atoms with van der Waals surface area (Å²) in [7, 11) is 3.47. The number of aryl methyl sites for hydroxylation is 1. The van der Waals surface area contributed by atoms with Crippen molar-refractivity contribution in [3.05, 3.63) is 59.3 Å². The second-order valence-electron chi connectivity index (χ2n) is 7.92. The van der Waals surface area contributed by atoms with E-state index in [9.17, 15) is 14.7 Å². The van der Waals surface area contributed by atoms with Crippen molar-refractivity contribution in [1.82, 2.24) is 4.57 Å². The number of carbonyl (C=O) groups is 2. The van der Waals surface area contributed by atoms with Gasteiger partial charge in [0.1, 0.15) is 11.9 Å². The number of amides is 1. The number of nitrogens with zero attached hydrogens (tertiary/aromatic N) is 1. The molecular formula is C24H25N2NaO5. The van der Waals surface area contributed by atoms with E-state index < -0.39 is 12.1 Å². The summed E-state index contributed by atoms with van der Waals surface area (Å²) in [5, 5.41) is 15.0. The summed E-state index contributed by atoms with van der Waals surface area (Å²) in [5.74, 6) is -0.747. The number of methoxy groups -OCH3 is 1. The molecule has 162 valence electrons. The van der Waals surface area contributed by atoms with Crippen LogP contribution in [0, 0.1) is 0 Å². The first-order chi connectivity index (χ1) is 14.9. The van der Waals surface area contributed by atoms with Crippen LogP contribution in [-0.2, 0) is 18.2 Å². The third-order valence-corrected chi connectivity index (χ3v) is 5.80. The number of aromatic carboxylic acids is 1. The Bertz CT molecular complexity index is 1130. The van der Waals surface area contributed by atoms with Crippen molar-refractivity contribution in [2.75, 3.05) is 12.4 Å². The molecule has 1 saturated carbocycles. The molecule has 2 aromatic carbocycles. The molecule has 1 amide bonds. The van der Waals surface area contributed by atoms with E-state index in [1.165, 1.54) is 19.2 Å². The molecule has 7 nitrogen and oxygen atoms in total. The number of hydrogen-bond acceptors (Lipinski definition) is 5. The molecular weight excluding hydrogens is 419 g/mol. The second kappa shape index (κ2) is 10.4. The Balaban J connectivity index is 0.00000289. The van der Waals surface area contributed by atoms with Crippen LogP contribution in [0.5, 0.6) is 5.75 Å².